The van der Waals surface area contributed by atoms with Crippen molar-refractivity contribution >= 4 is 40.2 Å². The molecule has 3 aliphatic rings. The van der Waals surface area contributed by atoms with E-state index in [0.29, 0.717) is 45.2 Å². The van der Waals surface area contributed by atoms with Crippen LogP contribution >= 0.6 is 0 Å². The minimum Gasteiger partial charge on any atom is -0.451 e. The summed E-state index contributed by atoms with van der Waals surface area (Å²) in [5, 5.41) is 0.602. The van der Waals surface area contributed by atoms with Crippen molar-refractivity contribution in [3.63, 3.8) is 0 Å². The molecule has 42 heavy (non-hydrogen) atoms. The van der Waals surface area contributed by atoms with E-state index in [0.717, 1.165) is 24.8 Å². The van der Waals surface area contributed by atoms with Gasteiger partial charge in [0.25, 0.3) is 0 Å². The van der Waals surface area contributed by atoms with Crippen molar-refractivity contribution in [1.82, 2.24) is 4.98 Å². The van der Waals surface area contributed by atoms with Gasteiger partial charge in [-0.1, -0.05) is 60.2 Å². The third-order valence-corrected chi connectivity index (χ3v) is 9.25. The Balaban J connectivity index is 1.20. The van der Waals surface area contributed by atoms with Crippen molar-refractivity contribution in [3.05, 3.63) is 95.6 Å². The van der Waals surface area contributed by atoms with Gasteiger partial charge in [0.2, 0.25) is 17.6 Å². The molecule has 2 aliphatic carbocycles. The van der Waals surface area contributed by atoms with Gasteiger partial charge in [-0.25, -0.2) is 9.78 Å². The first-order valence-electron chi connectivity index (χ1n) is 14.5. The molecular formula is C35H30N2O5. The minimum absolute atomic E-state index is 0.0997. The number of para-hydroxylation sites is 1. The van der Waals surface area contributed by atoms with Gasteiger partial charge in [-0.3, -0.25) is 19.3 Å². The molecule has 3 fully saturated rings. The number of aromatic nitrogens is 1. The molecule has 2 bridgehead atoms. The van der Waals surface area contributed by atoms with Crippen molar-refractivity contribution in [2.24, 2.45) is 23.7 Å². The highest BCUT2D eigenvalue weighted by Gasteiger charge is 2.61. The molecule has 4 aromatic rings. The molecule has 5 unspecified atom stereocenters. The number of Topliss-reactive ketones (excluding diaryl/α,β-unsaturated/α-hetero) is 1. The van der Waals surface area contributed by atoms with Gasteiger partial charge >= 0.3 is 5.97 Å². The number of carbonyl (C=O) groups is 4. The number of esters is 1. The van der Waals surface area contributed by atoms with Crippen LogP contribution in [0.3, 0.4) is 0 Å². The van der Waals surface area contributed by atoms with Gasteiger partial charge < -0.3 is 4.74 Å². The smallest absolute Gasteiger partial charge is 0.339 e. The highest BCUT2D eigenvalue weighted by atomic mass is 16.5. The normalized spacial score (nSPS) is 23.3. The lowest BCUT2D eigenvalue weighted by Gasteiger charge is -2.19. The van der Waals surface area contributed by atoms with Crippen LogP contribution in [0.1, 0.15) is 52.5 Å². The first kappa shape index (κ1) is 26.3. The molecule has 2 heterocycles. The quantitative estimate of drug-likeness (QED) is 0.160. The summed E-state index contributed by atoms with van der Waals surface area (Å²) in [4.78, 5) is 59.5. The molecule has 7 nitrogen and oxygen atoms in total. The van der Waals surface area contributed by atoms with Crippen LogP contribution in [0.15, 0.2) is 78.9 Å². The summed E-state index contributed by atoms with van der Waals surface area (Å²) in [6, 6.07) is 23.2. The standard InChI is InChI=1S/C35H30N2O5/c1-19-10-12-21(13-11-19)32(38)20(2)42-35(41)27-18-29(36-28-9-4-3-8-26(27)28)22-6-5-7-25(17-22)37-33(39)30-23-14-15-24(16-23)31(30)34(37)40/h3-13,17-18,20,23-24,30-31H,14-16H2,1-2H3. The fraction of sp³-hybridized carbons (Fsp3) is 0.286. The van der Waals surface area contributed by atoms with E-state index in [1.54, 1.807) is 49.4 Å². The summed E-state index contributed by atoms with van der Waals surface area (Å²) in [5.74, 6) is -0.912. The molecule has 1 aromatic heterocycles. The van der Waals surface area contributed by atoms with E-state index in [4.69, 9.17) is 9.72 Å². The zero-order chi connectivity index (χ0) is 29.1. The van der Waals surface area contributed by atoms with Crippen LogP contribution in [0.25, 0.3) is 22.2 Å². The zero-order valence-corrected chi connectivity index (χ0v) is 23.4. The number of carbonyl (C=O) groups excluding carboxylic acids is 4. The number of ether oxygens (including phenoxy) is 1. The molecular weight excluding hydrogens is 528 g/mol. The Bertz CT molecular complexity index is 1750. The lowest BCUT2D eigenvalue weighted by Crippen LogP contribution is -2.32. The molecule has 7 rings (SSSR count). The van der Waals surface area contributed by atoms with E-state index < -0.39 is 12.1 Å². The topological polar surface area (TPSA) is 93.6 Å². The molecule has 1 aliphatic heterocycles. The third kappa shape index (κ3) is 4.23. The third-order valence-electron chi connectivity index (χ3n) is 9.25. The molecule has 1 saturated heterocycles. The lowest BCUT2D eigenvalue weighted by atomic mass is 9.81. The molecule has 2 amide bonds. The van der Waals surface area contributed by atoms with Crippen molar-refractivity contribution in [2.75, 3.05) is 4.90 Å². The molecule has 0 spiro atoms. The van der Waals surface area contributed by atoms with Crippen LogP contribution in [0.5, 0.6) is 0 Å². The number of ketones is 1. The first-order valence-corrected chi connectivity index (χ1v) is 14.5. The monoisotopic (exact) mass is 558 g/mol. The van der Waals surface area contributed by atoms with E-state index >= 15 is 0 Å². The van der Waals surface area contributed by atoms with Crippen molar-refractivity contribution in [3.8, 4) is 11.3 Å². The van der Waals surface area contributed by atoms with Crippen LogP contribution < -0.4 is 4.90 Å². The lowest BCUT2D eigenvalue weighted by molar-refractivity contribution is -0.123. The molecule has 7 heteroatoms. The Morgan fingerprint density at radius 1 is 0.881 bits per heavy atom. The van der Waals surface area contributed by atoms with Gasteiger partial charge in [0.1, 0.15) is 0 Å². The molecule has 3 aromatic carbocycles. The average molecular weight is 559 g/mol. The van der Waals surface area contributed by atoms with Crippen LogP contribution in [-0.2, 0) is 14.3 Å². The molecule has 5 atom stereocenters. The summed E-state index contributed by atoms with van der Waals surface area (Å²) < 4.78 is 5.67. The Morgan fingerprint density at radius 3 is 2.29 bits per heavy atom. The largest absolute Gasteiger partial charge is 0.451 e. The Hall–Kier alpha value is -4.65. The molecule has 0 N–H and O–H groups in total. The van der Waals surface area contributed by atoms with Crippen LogP contribution in [-0.4, -0.2) is 34.7 Å². The number of hydrogen-bond donors (Lipinski definition) is 0. The average Bonchev–Trinajstić information content (AvgIpc) is 3.70. The number of aryl methyl sites for hydroxylation is 1. The van der Waals surface area contributed by atoms with Gasteiger partial charge in [0.15, 0.2) is 6.10 Å². The van der Waals surface area contributed by atoms with Crippen LogP contribution in [0.4, 0.5) is 5.69 Å². The van der Waals surface area contributed by atoms with Crippen molar-refractivity contribution < 1.29 is 23.9 Å². The maximum absolute atomic E-state index is 13.5. The van der Waals surface area contributed by atoms with Gasteiger partial charge in [0.05, 0.1) is 34.3 Å². The predicted octanol–water partition coefficient (Wildman–Crippen LogP) is 6.17. The Morgan fingerprint density at radius 2 is 1.57 bits per heavy atom. The van der Waals surface area contributed by atoms with E-state index in [2.05, 4.69) is 0 Å². The second-order valence-corrected chi connectivity index (χ2v) is 11.8. The highest BCUT2D eigenvalue weighted by molar-refractivity contribution is 6.22. The minimum atomic E-state index is -0.985. The number of anilines is 1. The number of nitrogens with zero attached hydrogens (tertiary/aromatic N) is 2. The number of imide groups is 1. The second-order valence-electron chi connectivity index (χ2n) is 11.8. The number of benzene rings is 3. The molecule has 210 valence electrons. The predicted molar refractivity (Wildman–Crippen MR) is 158 cm³/mol. The molecule has 2 saturated carbocycles. The van der Waals surface area contributed by atoms with Gasteiger partial charge in [-0.15, -0.1) is 0 Å². The summed E-state index contributed by atoms with van der Waals surface area (Å²) in [5.41, 5.74) is 4.06. The second kappa shape index (κ2) is 10.0. The number of fused-ring (bicyclic) bond motifs is 6. The number of hydrogen-bond acceptors (Lipinski definition) is 6. The summed E-state index contributed by atoms with van der Waals surface area (Å²) in [6.07, 6.45) is 2.04. The van der Waals surface area contributed by atoms with E-state index in [9.17, 15) is 19.2 Å². The number of rotatable bonds is 6. The summed E-state index contributed by atoms with van der Waals surface area (Å²) >= 11 is 0. The first-order chi connectivity index (χ1) is 20.3. The van der Waals surface area contributed by atoms with E-state index in [1.807, 2.05) is 43.3 Å². The number of amides is 2. The fourth-order valence-corrected chi connectivity index (χ4v) is 7.19. The zero-order valence-electron chi connectivity index (χ0n) is 23.4. The Kier molecular flexibility index (Phi) is 6.26. The highest BCUT2D eigenvalue weighted by Crippen LogP contribution is 2.56. The van der Waals surface area contributed by atoms with E-state index in [-0.39, 0.29) is 35.0 Å². The van der Waals surface area contributed by atoms with Crippen LogP contribution in [0, 0.1) is 30.6 Å². The number of pyridine rings is 1. The molecule has 0 radical (unpaired) electrons. The van der Waals surface area contributed by atoms with Crippen molar-refractivity contribution in [2.45, 2.75) is 39.2 Å². The Labute approximate surface area is 243 Å². The SMILES string of the molecule is Cc1ccc(C(=O)C(C)OC(=O)c2cc(-c3cccc(N4C(=O)C5C6CCC(C6)C5C4=O)c3)nc3ccccc23)cc1. The summed E-state index contributed by atoms with van der Waals surface area (Å²) in [7, 11) is 0. The summed E-state index contributed by atoms with van der Waals surface area (Å²) in [6.45, 7) is 3.51. The fourth-order valence-electron chi connectivity index (χ4n) is 7.19. The van der Waals surface area contributed by atoms with Gasteiger partial charge in [-0.05, 0) is 69.2 Å². The maximum atomic E-state index is 13.5. The van der Waals surface area contributed by atoms with Crippen molar-refractivity contribution in [1.29, 1.82) is 0 Å². The van der Waals surface area contributed by atoms with Crippen LogP contribution in [0.2, 0.25) is 0 Å². The van der Waals surface area contributed by atoms with E-state index in [1.165, 1.54) is 4.90 Å². The van der Waals surface area contributed by atoms with Gasteiger partial charge in [0, 0.05) is 16.5 Å². The maximum Gasteiger partial charge on any atom is 0.339 e. The van der Waals surface area contributed by atoms with Gasteiger partial charge in [-0.2, -0.15) is 0 Å².